The first-order valence-electron chi connectivity index (χ1n) is 7.00. The number of hydrogen-bond donors (Lipinski definition) is 2. The number of unbranched alkanes of at least 4 members (excludes halogenated alkanes) is 1. The molecule has 0 amide bonds. The minimum Gasteiger partial charge on any atom is -0.481 e. The van der Waals surface area contributed by atoms with Gasteiger partial charge in [0, 0.05) is 21.6 Å². The molecule has 2 atom stereocenters. The highest BCUT2D eigenvalue weighted by Gasteiger charge is 2.28. The van der Waals surface area contributed by atoms with Gasteiger partial charge < -0.3 is 10.2 Å². The number of carbonyl (C=O) groups is 1. The molecule has 2 N–H and O–H groups in total. The van der Waals surface area contributed by atoms with E-state index in [1.807, 2.05) is 25.1 Å². The average molecular weight is 352 g/mol. The molecule has 0 bridgehead atoms. The molecule has 0 saturated heterocycles. The van der Waals surface area contributed by atoms with Crippen LogP contribution in [0.1, 0.15) is 37.9 Å². The molecule has 1 aromatic carbocycles. The number of rotatable bonds is 6. The standard InChI is InChI=1S/C16H18BrNO3/c1-2-3-5-12(16(20)21)15(19)11-7-8-13(17)10-6-4-9-18-14(10)11/h4,6-9,12,15,19H,2-3,5H2,1H3,(H,20,21). The summed E-state index contributed by atoms with van der Waals surface area (Å²) in [7, 11) is 0. The molecule has 112 valence electrons. The quantitative estimate of drug-likeness (QED) is 0.827. The molecular weight excluding hydrogens is 334 g/mol. The Kier molecular flexibility index (Phi) is 5.31. The molecule has 1 heterocycles. The zero-order valence-electron chi connectivity index (χ0n) is 11.8. The summed E-state index contributed by atoms with van der Waals surface area (Å²) in [6.07, 6.45) is 2.72. The van der Waals surface area contributed by atoms with Crippen LogP contribution < -0.4 is 0 Å². The number of aliphatic hydroxyl groups is 1. The molecule has 2 unspecified atom stereocenters. The van der Waals surface area contributed by atoms with Crippen molar-refractivity contribution in [2.75, 3.05) is 0 Å². The van der Waals surface area contributed by atoms with Gasteiger partial charge in [-0.3, -0.25) is 9.78 Å². The molecule has 0 aliphatic carbocycles. The van der Waals surface area contributed by atoms with Crippen LogP contribution in [0.3, 0.4) is 0 Å². The number of benzene rings is 1. The third-order valence-electron chi connectivity index (χ3n) is 3.63. The molecule has 0 aliphatic heterocycles. The number of aromatic nitrogens is 1. The summed E-state index contributed by atoms with van der Waals surface area (Å²) in [5.74, 6) is -1.78. The van der Waals surface area contributed by atoms with Gasteiger partial charge in [0.1, 0.15) is 0 Å². The van der Waals surface area contributed by atoms with Gasteiger partial charge in [-0.15, -0.1) is 0 Å². The van der Waals surface area contributed by atoms with E-state index in [-0.39, 0.29) is 0 Å². The number of carboxylic acids is 1. The Bertz CT molecular complexity index is 644. The summed E-state index contributed by atoms with van der Waals surface area (Å²) in [6.45, 7) is 2.00. The number of carboxylic acid groups (broad SMARTS) is 1. The second-order valence-electron chi connectivity index (χ2n) is 5.07. The minimum absolute atomic E-state index is 0.456. The van der Waals surface area contributed by atoms with Gasteiger partial charge in [0.05, 0.1) is 17.5 Å². The van der Waals surface area contributed by atoms with E-state index in [0.717, 1.165) is 22.7 Å². The number of pyridine rings is 1. The number of hydrogen-bond acceptors (Lipinski definition) is 3. The summed E-state index contributed by atoms with van der Waals surface area (Å²) in [5.41, 5.74) is 1.21. The molecule has 1 aromatic heterocycles. The fraction of sp³-hybridized carbons (Fsp3) is 0.375. The van der Waals surface area contributed by atoms with E-state index in [1.54, 1.807) is 12.3 Å². The van der Waals surface area contributed by atoms with Crippen molar-refractivity contribution in [2.45, 2.75) is 32.3 Å². The molecule has 0 aliphatic rings. The smallest absolute Gasteiger partial charge is 0.309 e. The molecule has 5 heteroatoms. The van der Waals surface area contributed by atoms with Crippen LogP contribution in [0.15, 0.2) is 34.9 Å². The van der Waals surface area contributed by atoms with Crippen LogP contribution in [0.4, 0.5) is 0 Å². The summed E-state index contributed by atoms with van der Waals surface area (Å²) in [4.78, 5) is 15.7. The molecule has 2 rings (SSSR count). The maximum Gasteiger partial charge on any atom is 0.309 e. The topological polar surface area (TPSA) is 70.4 Å². The fourth-order valence-electron chi connectivity index (χ4n) is 2.46. The van der Waals surface area contributed by atoms with Crippen molar-refractivity contribution in [1.29, 1.82) is 0 Å². The van der Waals surface area contributed by atoms with Crippen molar-refractivity contribution < 1.29 is 15.0 Å². The molecular formula is C16H18BrNO3. The highest BCUT2D eigenvalue weighted by Crippen LogP contribution is 2.33. The predicted molar refractivity (Wildman–Crippen MR) is 85.1 cm³/mol. The van der Waals surface area contributed by atoms with Crippen LogP contribution in [-0.4, -0.2) is 21.2 Å². The fourth-order valence-corrected chi connectivity index (χ4v) is 2.91. The van der Waals surface area contributed by atoms with Gasteiger partial charge in [0.25, 0.3) is 0 Å². The van der Waals surface area contributed by atoms with Gasteiger partial charge in [-0.1, -0.05) is 47.8 Å². The molecule has 0 fully saturated rings. The zero-order chi connectivity index (χ0) is 15.4. The van der Waals surface area contributed by atoms with E-state index < -0.39 is 18.0 Å². The van der Waals surface area contributed by atoms with Crippen molar-refractivity contribution in [3.8, 4) is 0 Å². The SMILES string of the molecule is CCCCC(C(=O)O)C(O)c1ccc(Br)c2cccnc12. The Morgan fingerprint density at radius 2 is 2.14 bits per heavy atom. The second-order valence-corrected chi connectivity index (χ2v) is 5.92. The van der Waals surface area contributed by atoms with Crippen molar-refractivity contribution in [2.24, 2.45) is 5.92 Å². The Morgan fingerprint density at radius 3 is 2.81 bits per heavy atom. The van der Waals surface area contributed by atoms with E-state index in [2.05, 4.69) is 20.9 Å². The number of halogens is 1. The normalized spacial score (nSPS) is 14.0. The van der Waals surface area contributed by atoms with Crippen LogP contribution in [0, 0.1) is 5.92 Å². The number of aliphatic hydroxyl groups excluding tert-OH is 1. The zero-order valence-corrected chi connectivity index (χ0v) is 13.4. The van der Waals surface area contributed by atoms with E-state index in [1.165, 1.54) is 0 Å². The molecule has 4 nitrogen and oxygen atoms in total. The lowest BCUT2D eigenvalue weighted by molar-refractivity contribution is -0.146. The third kappa shape index (κ3) is 3.41. The van der Waals surface area contributed by atoms with Crippen molar-refractivity contribution >= 4 is 32.8 Å². The largest absolute Gasteiger partial charge is 0.481 e. The summed E-state index contributed by atoms with van der Waals surface area (Å²) in [6, 6.07) is 7.27. The van der Waals surface area contributed by atoms with Gasteiger partial charge in [-0.2, -0.15) is 0 Å². The minimum atomic E-state index is -1.06. The lowest BCUT2D eigenvalue weighted by Crippen LogP contribution is -2.22. The lowest BCUT2D eigenvalue weighted by atomic mass is 9.90. The molecule has 0 saturated carbocycles. The maximum absolute atomic E-state index is 11.4. The average Bonchev–Trinajstić information content (AvgIpc) is 2.48. The molecule has 0 spiro atoms. The first-order chi connectivity index (χ1) is 10.1. The number of fused-ring (bicyclic) bond motifs is 1. The van der Waals surface area contributed by atoms with Crippen LogP contribution in [0.25, 0.3) is 10.9 Å². The van der Waals surface area contributed by atoms with E-state index >= 15 is 0 Å². The van der Waals surface area contributed by atoms with Gasteiger partial charge in [-0.25, -0.2) is 0 Å². The van der Waals surface area contributed by atoms with Gasteiger partial charge in [0.15, 0.2) is 0 Å². The Labute approximate surface area is 132 Å². The number of nitrogens with zero attached hydrogens (tertiary/aromatic N) is 1. The summed E-state index contributed by atoms with van der Waals surface area (Å²) >= 11 is 3.45. The van der Waals surface area contributed by atoms with Gasteiger partial charge in [0.2, 0.25) is 0 Å². The number of aliphatic carboxylic acids is 1. The van der Waals surface area contributed by atoms with Crippen molar-refractivity contribution in [3.63, 3.8) is 0 Å². The van der Waals surface area contributed by atoms with Crippen LogP contribution in [-0.2, 0) is 4.79 Å². The third-order valence-corrected chi connectivity index (χ3v) is 4.32. The van der Waals surface area contributed by atoms with Crippen molar-refractivity contribution in [1.82, 2.24) is 4.98 Å². The molecule has 0 radical (unpaired) electrons. The van der Waals surface area contributed by atoms with E-state index in [9.17, 15) is 15.0 Å². The van der Waals surface area contributed by atoms with Crippen molar-refractivity contribution in [3.05, 3.63) is 40.5 Å². The second kappa shape index (κ2) is 7.00. The van der Waals surface area contributed by atoms with E-state index in [4.69, 9.17) is 0 Å². The van der Waals surface area contributed by atoms with Gasteiger partial charge in [-0.05, 0) is 18.6 Å². The van der Waals surface area contributed by atoms with Crippen LogP contribution >= 0.6 is 15.9 Å². The maximum atomic E-state index is 11.4. The van der Waals surface area contributed by atoms with Gasteiger partial charge >= 0.3 is 5.97 Å². The Morgan fingerprint density at radius 1 is 1.38 bits per heavy atom. The highest BCUT2D eigenvalue weighted by molar-refractivity contribution is 9.10. The monoisotopic (exact) mass is 351 g/mol. The first kappa shape index (κ1) is 15.9. The van der Waals surface area contributed by atoms with Crippen LogP contribution in [0.2, 0.25) is 0 Å². The summed E-state index contributed by atoms with van der Waals surface area (Å²) in [5, 5.41) is 20.8. The molecule has 21 heavy (non-hydrogen) atoms. The molecule has 2 aromatic rings. The van der Waals surface area contributed by atoms with E-state index in [0.29, 0.717) is 17.5 Å². The van der Waals surface area contributed by atoms with Crippen LogP contribution in [0.5, 0.6) is 0 Å². The Hall–Kier alpha value is -1.46. The lowest BCUT2D eigenvalue weighted by Gasteiger charge is -2.20. The summed E-state index contributed by atoms with van der Waals surface area (Å²) < 4.78 is 0.877. The highest BCUT2D eigenvalue weighted by atomic mass is 79.9. The Balaban J connectivity index is 2.44. The first-order valence-corrected chi connectivity index (χ1v) is 7.79. The predicted octanol–water partition coefficient (Wildman–Crippen LogP) is 3.92.